The van der Waals surface area contributed by atoms with Crippen molar-refractivity contribution in [3.8, 4) is 23.0 Å². The topological polar surface area (TPSA) is 30.5 Å². The van der Waals surface area contributed by atoms with Crippen molar-refractivity contribution in [3.63, 3.8) is 0 Å². The van der Waals surface area contributed by atoms with Gasteiger partial charge in [0.15, 0.2) is 5.75 Å². The molecule has 0 unspecified atom stereocenters. The first kappa shape index (κ1) is 15.6. The second kappa shape index (κ2) is 6.19. The van der Waals surface area contributed by atoms with Gasteiger partial charge >= 0.3 is 0 Å². The van der Waals surface area contributed by atoms with E-state index in [0.29, 0.717) is 22.3 Å². The van der Waals surface area contributed by atoms with E-state index in [1.807, 2.05) is 61.5 Å². The molecule has 1 N–H and O–H groups in total. The van der Waals surface area contributed by atoms with E-state index >= 15 is 0 Å². The van der Waals surface area contributed by atoms with Gasteiger partial charge in [0.1, 0.15) is 17.2 Å². The lowest BCUT2D eigenvalue weighted by atomic mass is 10.1. The zero-order valence-corrected chi connectivity index (χ0v) is 14.4. The first-order chi connectivity index (χ1) is 12.1. The SMILES string of the molecule is C=C1Nc2ccccc2Oc2cc(C)cc(Oc3cccc(Cl)c3)c21. The van der Waals surface area contributed by atoms with E-state index in [4.69, 9.17) is 21.1 Å². The fourth-order valence-corrected chi connectivity index (χ4v) is 3.02. The predicted octanol–water partition coefficient (Wildman–Crippen LogP) is 6.63. The van der Waals surface area contributed by atoms with Gasteiger partial charge in [0.2, 0.25) is 0 Å². The molecule has 4 rings (SSSR count). The van der Waals surface area contributed by atoms with Crippen molar-refractivity contribution >= 4 is 23.0 Å². The fourth-order valence-electron chi connectivity index (χ4n) is 2.84. The van der Waals surface area contributed by atoms with Crippen LogP contribution in [-0.2, 0) is 0 Å². The predicted molar refractivity (Wildman–Crippen MR) is 102 cm³/mol. The second-order valence-electron chi connectivity index (χ2n) is 5.90. The van der Waals surface area contributed by atoms with E-state index in [9.17, 15) is 0 Å². The first-order valence-corrected chi connectivity index (χ1v) is 8.29. The van der Waals surface area contributed by atoms with E-state index in [2.05, 4.69) is 11.9 Å². The van der Waals surface area contributed by atoms with E-state index in [1.165, 1.54) is 0 Å². The number of hydrogen-bond donors (Lipinski definition) is 1. The lowest BCUT2D eigenvalue weighted by molar-refractivity contribution is 0.460. The minimum absolute atomic E-state index is 0.622. The largest absolute Gasteiger partial charge is 0.456 e. The summed E-state index contributed by atoms with van der Waals surface area (Å²) in [7, 11) is 0. The third-order valence-corrected chi connectivity index (χ3v) is 4.16. The third-order valence-electron chi connectivity index (χ3n) is 3.93. The quantitative estimate of drug-likeness (QED) is 0.563. The highest BCUT2D eigenvalue weighted by molar-refractivity contribution is 6.30. The van der Waals surface area contributed by atoms with Gasteiger partial charge in [-0.1, -0.05) is 36.4 Å². The molecule has 3 nitrogen and oxygen atoms in total. The van der Waals surface area contributed by atoms with Gasteiger partial charge in [-0.15, -0.1) is 0 Å². The van der Waals surface area contributed by atoms with Gasteiger partial charge in [0.05, 0.1) is 11.3 Å². The van der Waals surface area contributed by atoms with Crippen LogP contribution in [0, 0.1) is 6.92 Å². The molecule has 3 aromatic carbocycles. The minimum Gasteiger partial charge on any atom is -0.456 e. The summed E-state index contributed by atoms with van der Waals surface area (Å²) in [6.07, 6.45) is 0. The number of para-hydroxylation sites is 2. The van der Waals surface area contributed by atoms with Gasteiger partial charge in [0, 0.05) is 10.7 Å². The van der Waals surface area contributed by atoms with Crippen LogP contribution in [0.2, 0.25) is 5.02 Å². The third kappa shape index (κ3) is 3.06. The van der Waals surface area contributed by atoms with Crippen molar-refractivity contribution in [2.45, 2.75) is 6.92 Å². The number of halogens is 1. The minimum atomic E-state index is 0.622. The summed E-state index contributed by atoms with van der Waals surface area (Å²) in [5, 5.41) is 3.93. The van der Waals surface area contributed by atoms with E-state index in [0.717, 1.165) is 28.3 Å². The Morgan fingerprint density at radius 2 is 1.84 bits per heavy atom. The number of rotatable bonds is 2. The zero-order valence-electron chi connectivity index (χ0n) is 13.7. The molecule has 0 fully saturated rings. The van der Waals surface area contributed by atoms with Gasteiger partial charge < -0.3 is 14.8 Å². The Morgan fingerprint density at radius 3 is 2.68 bits per heavy atom. The van der Waals surface area contributed by atoms with Crippen molar-refractivity contribution in [3.05, 3.63) is 83.4 Å². The highest BCUT2D eigenvalue weighted by Crippen LogP contribution is 2.44. The fraction of sp³-hybridized carbons (Fsp3) is 0.0476. The molecular formula is C21H16ClNO2. The van der Waals surface area contributed by atoms with E-state index in [1.54, 1.807) is 6.07 Å². The summed E-state index contributed by atoms with van der Waals surface area (Å²) in [6, 6.07) is 19.0. The number of ether oxygens (including phenoxy) is 2. The van der Waals surface area contributed by atoms with Crippen molar-refractivity contribution in [1.29, 1.82) is 0 Å². The van der Waals surface area contributed by atoms with Crippen LogP contribution in [0.15, 0.2) is 67.2 Å². The molecule has 0 spiro atoms. The number of benzene rings is 3. The van der Waals surface area contributed by atoms with Crippen LogP contribution in [-0.4, -0.2) is 0 Å². The molecular weight excluding hydrogens is 334 g/mol. The molecule has 124 valence electrons. The Kier molecular flexibility index (Phi) is 3.86. The van der Waals surface area contributed by atoms with Crippen LogP contribution in [0.25, 0.3) is 5.70 Å². The summed E-state index contributed by atoms with van der Waals surface area (Å²) in [6.45, 7) is 6.17. The molecule has 0 bridgehead atoms. The number of fused-ring (bicyclic) bond motifs is 2. The van der Waals surface area contributed by atoms with Crippen LogP contribution >= 0.6 is 11.6 Å². The molecule has 1 aliphatic rings. The van der Waals surface area contributed by atoms with E-state index in [-0.39, 0.29) is 0 Å². The van der Waals surface area contributed by atoms with Crippen LogP contribution in [0.1, 0.15) is 11.1 Å². The maximum absolute atomic E-state index is 6.13. The molecule has 0 radical (unpaired) electrons. The van der Waals surface area contributed by atoms with Crippen molar-refractivity contribution in [2.75, 3.05) is 5.32 Å². The molecule has 0 aliphatic carbocycles. The lowest BCUT2D eigenvalue weighted by Gasteiger charge is -2.16. The van der Waals surface area contributed by atoms with Crippen LogP contribution < -0.4 is 14.8 Å². The molecule has 25 heavy (non-hydrogen) atoms. The van der Waals surface area contributed by atoms with Gasteiger partial charge in [0.25, 0.3) is 0 Å². The molecule has 0 saturated heterocycles. The Bertz CT molecular complexity index is 981. The van der Waals surface area contributed by atoms with Crippen molar-refractivity contribution in [2.24, 2.45) is 0 Å². The molecule has 3 aromatic rings. The molecule has 1 aliphatic heterocycles. The molecule has 1 heterocycles. The molecule has 0 amide bonds. The van der Waals surface area contributed by atoms with Gasteiger partial charge in [-0.05, 0) is 55.0 Å². The maximum atomic E-state index is 6.13. The normalized spacial score (nSPS) is 12.3. The van der Waals surface area contributed by atoms with Crippen LogP contribution in [0.3, 0.4) is 0 Å². The summed E-state index contributed by atoms with van der Waals surface area (Å²) >= 11 is 6.07. The molecule has 0 saturated carbocycles. The van der Waals surface area contributed by atoms with E-state index < -0.39 is 0 Å². The van der Waals surface area contributed by atoms with Crippen molar-refractivity contribution < 1.29 is 9.47 Å². The highest BCUT2D eigenvalue weighted by Gasteiger charge is 2.22. The monoisotopic (exact) mass is 349 g/mol. The standard InChI is InChI=1S/C21H16ClNO2/c1-13-10-19(24-16-7-5-6-15(22)12-16)21-14(2)23-17-8-3-4-9-18(17)25-20(21)11-13/h3-12,23H,2H2,1H3. The van der Waals surface area contributed by atoms with Gasteiger partial charge in [-0.2, -0.15) is 0 Å². The first-order valence-electron chi connectivity index (χ1n) is 7.91. The molecule has 0 atom stereocenters. The average molecular weight is 350 g/mol. The second-order valence-corrected chi connectivity index (χ2v) is 6.33. The smallest absolute Gasteiger partial charge is 0.150 e. The number of hydrogen-bond acceptors (Lipinski definition) is 3. The number of anilines is 1. The Morgan fingerprint density at radius 1 is 1.00 bits per heavy atom. The molecule has 0 aromatic heterocycles. The van der Waals surface area contributed by atoms with Gasteiger partial charge in [-0.3, -0.25) is 0 Å². The summed E-state index contributed by atoms with van der Waals surface area (Å²) < 4.78 is 12.2. The van der Waals surface area contributed by atoms with Crippen molar-refractivity contribution in [1.82, 2.24) is 0 Å². The average Bonchev–Trinajstić information content (AvgIpc) is 2.70. The Balaban J connectivity index is 1.82. The zero-order chi connectivity index (χ0) is 17.4. The van der Waals surface area contributed by atoms with Gasteiger partial charge in [-0.25, -0.2) is 0 Å². The Labute approximate surface area is 151 Å². The number of nitrogens with one attached hydrogen (secondary N) is 1. The summed E-state index contributed by atoms with van der Waals surface area (Å²) in [5.74, 6) is 2.79. The number of aryl methyl sites for hydroxylation is 1. The summed E-state index contributed by atoms with van der Waals surface area (Å²) in [4.78, 5) is 0. The Hall–Kier alpha value is -2.91. The molecule has 4 heteroatoms. The lowest BCUT2D eigenvalue weighted by Crippen LogP contribution is -1.99. The van der Waals surface area contributed by atoms with Crippen LogP contribution in [0.4, 0.5) is 5.69 Å². The summed E-state index contributed by atoms with van der Waals surface area (Å²) in [5.41, 5.74) is 3.41. The highest BCUT2D eigenvalue weighted by atomic mass is 35.5. The maximum Gasteiger partial charge on any atom is 0.150 e. The van der Waals surface area contributed by atoms with Crippen LogP contribution in [0.5, 0.6) is 23.0 Å².